The molecule has 0 saturated heterocycles. The van der Waals surface area contributed by atoms with Crippen LogP contribution in [0.25, 0.3) is 5.69 Å². The molecule has 0 fully saturated rings. The third-order valence-corrected chi connectivity index (χ3v) is 5.03. The van der Waals surface area contributed by atoms with E-state index in [0.29, 0.717) is 28.8 Å². The van der Waals surface area contributed by atoms with E-state index in [9.17, 15) is 9.90 Å². The summed E-state index contributed by atoms with van der Waals surface area (Å²) < 4.78 is 17.3. The molecule has 3 rings (SSSR count). The number of rotatable bonds is 10. The van der Waals surface area contributed by atoms with Crippen LogP contribution in [0.1, 0.15) is 17.3 Å². The van der Waals surface area contributed by atoms with Crippen LogP contribution in [0.3, 0.4) is 0 Å². The van der Waals surface area contributed by atoms with Gasteiger partial charge in [-0.3, -0.25) is 0 Å². The number of ether oxygens (including phenoxy) is 3. The predicted molar refractivity (Wildman–Crippen MR) is 110 cm³/mol. The Morgan fingerprint density at radius 3 is 2.50 bits per heavy atom. The average molecular weight is 430 g/mol. The highest BCUT2D eigenvalue weighted by Crippen LogP contribution is 2.21. The molecule has 10 heteroatoms. The summed E-state index contributed by atoms with van der Waals surface area (Å²) in [6.45, 7) is 2.17. The maximum Gasteiger partial charge on any atom is 0.338 e. The zero-order valence-electron chi connectivity index (χ0n) is 16.6. The summed E-state index contributed by atoms with van der Waals surface area (Å²) in [5, 5.41) is 22.5. The maximum absolute atomic E-state index is 11.7. The minimum Gasteiger partial charge on any atom is -0.497 e. The number of carbonyl (C=O) groups excluding carboxylic acids is 1. The zero-order valence-corrected chi connectivity index (χ0v) is 17.4. The first-order valence-electron chi connectivity index (χ1n) is 9.24. The Balaban J connectivity index is 1.50. The molecular formula is C20H22N4O5S. The van der Waals surface area contributed by atoms with Crippen molar-refractivity contribution in [3.63, 3.8) is 0 Å². The van der Waals surface area contributed by atoms with E-state index in [1.807, 2.05) is 24.3 Å². The molecule has 1 N–H and O–H groups in total. The Kier molecular flexibility index (Phi) is 7.63. The van der Waals surface area contributed by atoms with Crippen molar-refractivity contribution >= 4 is 17.7 Å². The lowest BCUT2D eigenvalue weighted by atomic mass is 10.2. The number of aliphatic hydroxyl groups is 1. The minimum atomic E-state index is -0.735. The summed E-state index contributed by atoms with van der Waals surface area (Å²) in [5.74, 6) is 1.26. The van der Waals surface area contributed by atoms with Gasteiger partial charge in [0.25, 0.3) is 0 Å². The van der Waals surface area contributed by atoms with E-state index >= 15 is 0 Å². The van der Waals surface area contributed by atoms with Crippen LogP contribution >= 0.6 is 11.8 Å². The summed E-state index contributed by atoms with van der Waals surface area (Å²) >= 11 is 1.32. The minimum absolute atomic E-state index is 0.0931. The standard InChI is InChI=1S/C20H22N4O5S/c1-3-28-19(26)14-4-8-18(9-5-14)29-12-16(25)13-30-20-21-22-23-24(20)15-6-10-17(27-2)11-7-15/h4-11,16,25H,3,12-13H2,1-2H3. The number of aliphatic hydroxyl groups excluding tert-OH is 1. The molecule has 0 aliphatic carbocycles. The molecule has 1 heterocycles. The van der Waals surface area contributed by atoms with Crippen LogP contribution in [-0.2, 0) is 4.74 Å². The highest BCUT2D eigenvalue weighted by Gasteiger charge is 2.13. The van der Waals surface area contributed by atoms with Gasteiger partial charge in [0.05, 0.1) is 31.1 Å². The van der Waals surface area contributed by atoms with E-state index < -0.39 is 6.10 Å². The SMILES string of the molecule is CCOC(=O)c1ccc(OCC(O)CSc2nnnn2-c2ccc(OC)cc2)cc1. The van der Waals surface area contributed by atoms with Crippen LogP contribution < -0.4 is 9.47 Å². The second-order valence-electron chi connectivity index (χ2n) is 6.09. The number of tetrazole rings is 1. The monoisotopic (exact) mass is 430 g/mol. The maximum atomic E-state index is 11.7. The molecule has 0 bridgehead atoms. The molecule has 3 aromatic rings. The largest absolute Gasteiger partial charge is 0.497 e. The molecule has 0 aliphatic rings. The summed E-state index contributed by atoms with van der Waals surface area (Å²) in [6.07, 6.45) is -0.735. The van der Waals surface area contributed by atoms with Crippen LogP contribution in [-0.4, -0.2) is 63.5 Å². The Morgan fingerprint density at radius 2 is 1.83 bits per heavy atom. The lowest BCUT2D eigenvalue weighted by Crippen LogP contribution is -2.20. The zero-order chi connectivity index (χ0) is 21.3. The molecule has 1 aromatic heterocycles. The summed E-state index contributed by atoms with van der Waals surface area (Å²) in [5.41, 5.74) is 1.24. The number of hydrogen-bond acceptors (Lipinski definition) is 9. The van der Waals surface area contributed by atoms with Gasteiger partial charge >= 0.3 is 5.97 Å². The smallest absolute Gasteiger partial charge is 0.338 e. The van der Waals surface area contributed by atoms with E-state index in [0.717, 1.165) is 11.4 Å². The van der Waals surface area contributed by atoms with Crippen LogP contribution in [0, 0.1) is 0 Å². The van der Waals surface area contributed by atoms with Gasteiger partial charge in [-0.1, -0.05) is 11.8 Å². The molecular weight excluding hydrogens is 408 g/mol. The van der Waals surface area contributed by atoms with Gasteiger partial charge in [-0.25, -0.2) is 4.79 Å². The molecule has 0 spiro atoms. The number of methoxy groups -OCH3 is 1. The number of benzene rings is 2. The molecule has 0 amide bonds. The van der Waals surface area contributed by atoms with Crippen molar-refractivity contribution in [3.8, 4) is 17.2 Å². The fourth-order valence-corrected chi connectivity index (χ4v) is 3.26. The van der Waals surface area contributed by atoms with Crippen LogP contribution in [0.15, 0.2) is 53.7 Å². The van der Waals surface area contributed by atoms with E-state index in [1.165, 1.54) is 11.8 Å². The van der Waals surface area contributed by atoms with Gasteiger partial charge in [0.2, 0.25) is 5.16 Å². The molecule has 158 valence electrons. The fourth-order valence-electron chi connectivity index (χ4n) is 2.47. The highest BCUT2D eigenvalue weighted by atomic mass is 32.2. The van der Waals surface area contributed by atoms with E-state index in [2.05, 4.69) is 15.5 Å². The van der Waals surface area contributed by atoms with Crippen LogP contribution in [0.2, 0.25) is 0 Å². The van der Waals surface area contributed by atoms with Crippen LogP contribution in [0.5, 0.6) is 11.5 Å². The first-order chi connectivity index (χ1) is 14.6. The van der Waals surface area contributed by atoms with Gasteiger partial charge in [0.1, 0.15) is 18.1 Å². The number of esters is 1. The normalized spacial score (nSPS) is 11.7. The van der Waals surface area contributed by atoms with Gasteiger partial charge in [0.15, 0.2) is 0 Å². The van der Waals surface area contributed by atoms with Gasteiger partial charge in [-0.2, -0.15) is 4.68 Å². The molecule has 1 unspecified atom stereocenters. The lowest BCUT2D eigenvalue weighted by Gasteiger charge is -2.12. The molecule has 2 aromatic carbocycles. The number of aromatic nitrogens is 4. The third-order valence-electron chi connectivity index (χ3n) is 3.97. The third kappa shape index (κ3) is 5.71. The van der Waals surface area contributed by atoms with E-state index in [-0.39, 0.29) is 12.6 Å². The quantitative estimate of drug-likeness (QED) is 0.383. The molecule has 0 radical (unpaired) electrons. The van der Waals surface area contributed by atoms with Crippen molar-refractivity contribution in [3.05, 3.63) is 54.1 Å². The van der Waals surface area contributed by atoms with Crippen molar-refractivity contribution in [2.75, 3.05) is 26.1 Å². The van der Waals surface area contributed by atoms with Gasteiger partial charge in [0, 0.05) is 5.75 Å². The summed E-state index contributed by atoms with van der Waals surface area (Å²) in [7, 11) is 1.60. The van der Waals surface area contributed by atoms with Crippen molar-refractivity contribution in [1.29, 1.82) is 0 Å². The molecule has 0 saturated carbocycles. The van der Waals surface area contributed by atoms with Crippen molar-refractivity contribution in [2.45, 2.75) is 18.2 Å². The van der Waals surface area contributed by atoms with Gasteiger partial charge in [-0.15, -0.1) is 5.10 Å². The van der Waals surface area contributed by atoms with Gasteiger partial charge < -0.3 is 19.3 Å². The Labute approximate surface area is 178 Å². The molecule has 0 aliphatic heterocycles. The van der Waals surface area contributed by atoms with E-state index in [4.69, 9.17) is 14.2 Å². The topological polar surface area (TPSA) is 109 Å². The number of thioether (sulfide) groups is 1. The molecule has 30 heavy (non-hydrogen) atoms. The Bertz CT molecular complexity index is 947. The molecule has 1 atom stereocenters. The second-order valence-corrected chi connectivity index (χ2v) is 7.08. The first kappa shape index (κ1) is 21.6. The lowest BCUT2D eigenvalue weighted by molar-refractivity contribution is 0.0526. The fraction of sp³-hybridized carbons (Fsp3) is 0.300. The highest BCUT2D eigenvalue weighted by molar-refractivity contribution is 7.99. The van der Waals surface area contributed by atoms with E-state index in [1.54, 1.807) is 43.0 Å². The summed E-state index contributed by atoms with van der Waals surface area (Å²) in [6, 6.07) is 13.9. The number of hydrogen-bond donors (Lipinski definition) is 1. The van der Waals surface area contributed by atoms with Crippen molar-refractivity contribution in [2.24, 2.45) is 0 Å². The predicted octanol–water partition coefficient (Wildman–Crippen LogP) is 2.38. The Hall–Kier alpha value is -3.11. The average Bonchev–Trinajstić information content (AvgIpc) is 3.25. The van der Waals surface area contributed by atoms with Gasteiger partial charge in [-0.05, 0) is 65.9 Å². The van der Waals surface area contributed by atoms with Crippen LogP contribution in [0.4, 0.5) is 0 Å². The van der Waals surface area contributed by atoms with Crippen molar-refractivity contribution < 1.29 is 24.1 Å². The Morgan fingerprint density at radius 1 is 1.13 bits per heavy atom. The number of carbonyl (C=O) groups is 1. The second kappa shape index (κ2) is 10.6. The summed E-state index contributed by atoms with van der Waals surface area (Å²) in [4.78, 5) is 11.7. The van der Waals surface area contributed by atoms with Crippen molar-refractivity contribution in [1.82, 2.24) is 20.2 Å². The number of nitrogens with zero attached hydrogens (tertiary/aromatic N) is 4. The molecule has 9 nitrogen and oxygen atoms in total. The first-order valence-corrected chi connectivity index (χ1v) is 10.2.